The summed E-state index contributed by atoms with van der Waals surface area (Å²) < 4.78 is 10.9. The summed E-state index contributed by atoms with van der Waals surface area (Å²) in [7, 11) is 3.21. The van der Waals surface area contributed by atoms with E-state index in [0.717, 1.165) is 28.2 Å². The molecule has 0 fully saturated rings. The second-order valence-corrected chi connectivity index (χ2v) is 9.68. The van der Waals surface area contributed by atoms with Gasteiger partial charge in [-0.05, 0) is 59.9 Å². The van der Waals surface area contributed by atoms with Crippen LogP contribution >= 0.6 is 11.6 Å². The van der Waals surface area contributed by atoms with Gasteiger partial charge in [-0.15, -0.1) is 0 Å². The van der Waals surface area contributed by atoms with Crippen LogP contribution in [0.15, 0.2) is 78.0 Å². The molecule has 0 bridgehead atoms. The Morgan fingerprint density at radius 2 is 1.68 bits per heavy atom. The molecule has 3 aromatic carbocycles. The fourth-order valence-electron chi connectivity index (χ4n) is 5.34. The minimum absolute atomic E-state index is 0.00944. The van der Waals surface area contributed by atoms with Crippen molar-refractivity contribution in [1.82, 2.24) is 0 Å². The van der Waals surface area contributed by atoms with Gasteiger partial charge in [0.05, 0.1) is 31.6 Å². The maximum atomic E-state index is 14.0. The molecule has 1 heterocycles. The molecule has 5 rings (SSSR count). The van der Waals surface area contributed by atoms with Crippen LogP contribution in [-0.2, 0) is 9.59 Å². The summed E-state index contributed by atoms with van der Waals surface area (Å²) >= 11 is 6.20. The summed E-state index contributed by atoms with van der Waals surface area (Å²) in [6, 6.07) is 20.4. The lowest BCUT2D eigenvalue weighted by atomic mass is 9.78. The second-order valence-electron chi connectivity index (χ2n) is 9.25. The Balaban J connectivity index is 1.67. The Morgan fingerprint density at radius 1 is 0.973 bits per heavy atom. The number of nitrogens with zero attached hydrogens (tertiary/aromatic N) is 1. The minimum Gasteiger partial charge on any atom is -0.493 e. The average Bonchev–Trinajstić information content (AvgIpc) is 3.07. The van der Waals surface area contributed by atoms with Crippen molar-refractivity contribution in [1.29, 1.82) is 0 Å². The number of para-hydroxylation sites is 2. The molecule has 0 spiro atoms. The summed E-state index contributed by atoms with van der Waals surface area (Å²) in [5, 5.41) is 4.14. The maximum Gasteiger partial charge on any atom is 0.227 e. The predicted molar refractivity (Wildman–Crippen MR) is 146 cm³/mol. The molecule has 1 N–H and O–H groups in total. The van der Waals surface area contributed by atoms with Gasteiger partial charge in [0, 0.05) is 29.1 Å². The van der Waals surface area contributed by atoms with Gasteiger partial charge in [0.15, 0.2) is 17.3 Å². The van der Waals surface area contributed by atoms with Gasteiger partial charge in [-0.3, -0.25) is 14.5 Å². The molecule has 0 saturated carbocycles. The van der Waals surface area contributed by atoms with Crippen molar-refractivity contribution in [2.75, 3.05) is 24.4 Å². The van der Waals surface area contributed by atoms with Gasteiger partial charge in [0.25, 0.3) is 0 Å². The summed E-state index contributed by atoms with van der Waals surface area (Å²) in [6.07, 6.45) is 1.25. The maximum absolute atomic E-state index is 14.0. The molecular weight excluding hydrogens is 488 g/mol. The standard InChI is InChI=1S/C30H29ClN2O4/c1-4-28(35)33-24-8-6-5-7-22(24)32-23-15-20(19-11-14-26(36-2)27(17-19)37-3)16-25(34)29(23)30(33)18-9-12-21(31)13-10-18/h5-14,17,20,30,32H,4,15-16H2,1-3H3. The Bertz CT molecular complexity index is 1380. The molecule has 0 radical (unpaired) electrons. The first-order valence-corrected chi connectivity index (χ1v) is 12.7. The van der Waals surface area contributed by atoms with E-state index in [4.69, 9.17) is 21.1 Å². The number of carbonyl (C=O) groups excluding carboxylic acids is 2. The molecule has 2 aliphatic rings. The molecule has 3 aromatic rings. The van der Waals surface area contributed by atoms with Crippen molar-refractivity contribution >= 4 is 34.7 Å². The molecule has 37 heavy (non-hydrogen) atoms. The van der Waals surface area contributed by atoms with Gasteiger partial charge >= 0.3 is 0 Å². The molecule has 6 nitrogen and oxygen atoms in total. The highest BCUT2D eigenvalue weighted by Gasteiger charge is 2.41. The molecule has 190 valence electrons. The number of hydrogen-bond acceptors (Lipinski definition) is 5. The molecule has 7 heteroatoms. The highest BCUT2D eigenvalue weighted by atomic mass is 35.5. The monoisotopic (exact) mass is 516 g/mol. The number of anilines is 2. The van der Waals surface area contributed by atoms with Crippen LogP contribution in [0.25, 0.3) is 0 Å². The zero-order valence-corrected chi connectivity index (χ0v) is 21.8. The first kappa shape index (κ1) is 24.9. The largest absolute Gasteiger partial charge is 0.493 e. The third-order valence-electron chi connectivity index (χ3n) is 7.12. The first-order valence-electron chi connectivity index (χ1n) is 12.4. The number of hydrogen-bond donors (Lipinski definition) is 1. The van der Waals surface area contributed by atoms with Crippen molar-refractivity contribution in [2.45, 2.75) is 38.1 Å². The fraction of sp³-hybridized carbons (Fsp3) is 0.267. The molecule has 1 amide bonds. The molecule has 0 saturated heterocycles. The van der Waals surface area contributed by atoms with E-state index in [-0.39, 0.29) is 17.6 Å². The second kappa shape index (κ2) is 10.3. The number of ketones is 1. The van der Waals surface area contributed by atoms with Crippen LogP contribution < -0.4 is 19.7 Å². The number of amides is 1. The van der Waals surface area contributed by atoms with E-state index >= 15 is 0 Å². The van der Waals surface area contributed by atoms with Gasteiger partial charge < -0.3 is 14.8 Å². The molecule has 1 aliphatic heterocycles. The highest BCUT2D eigenvalue weighted by molar-refractivity contribution is 6.30. The van der Waals surface area contributed by atoms with Crippen molar-refractivity contribution in [3.05, 3.63) is 94.1 Å². The zero-order valence-electron chi connectivity index (χ0n) is 21.1. The van der Waals surface area contributed by atoms with E-state index in [9.17, 15) is 9.59 Å². The van der Waals surface area contributed by atoms with E-state index < -0.39 is 6.04 Å². The third-order valence-corrected chi connectivity index (χ3v) is 7.38. The Morgan fingerprint density at radius 3 is 2.38 bits per heavy atom. The Kier molecular flexibility index (Phi) is 6.94. The Labute approximate surface area is 221 Å². The summed E-state index contributed by atoms with van der Waals surface area (Å²) in [6.45, 7) is 1.84. The van der Waals surface area contributed by atoms with Crippen LogP contribution in [-0.4, -0.2) is 25.9 Å². The van der Waals surface area contributed by atoms with Gasteiger partial charge in [-0.2, -0.15) is 0 Å². The van der Waals surface area contributed by atoms with Crippen molar-refractivity contribution in [3.8, 4) is 11.5 Å². The van der Waals surface area contributed by atoms with E-state index in [1.165, 1.54) is 0 Å². The predicted octanol–water partition coefficient (Wildman–Crippen LogP) is 6.67. The van der Waals surface area contributed by atoms with Crippen molar-refractivity contribution in [3.63, 3.8) is 0 Å². The molecule has 0 aromatic heterocycles. The number of rotatable bonds is 5. The number of nitrogens with one attached hydrogen (secondary N) is 1. The van der Waals surface area contributed by atoms with Gasteiger partial charge in [0.1, 0.15) is 0 Å². The number of methoxy groups -OCH3 is 2. The number of carbonyl (C=O) groups is 2. The van der Waals surface area contributed by atoms with Crippen molar-refractivity contribution < 1.29 is 19.1 Å². The number of fused-ring (bicyclic) bond motifs is 1. The number of benzene rings is 3. The lowest BCUT2D eigenvalue weighted by Gasteiger charge is -2.35. The smallest absolute Gasteiger partial charge is 0.227 e. The zero-order chi connectivity index (χ0) is 26.1. The molecule has 1 aliphatic carbocycles. The fourth-order valence-corrected chi connectivity index (χ4v) is 5.46. The number of Topliss-reactive ketones (excluding diaryl/α,β-unsaturated/α-hetero) is 1. The highest BCUT2D eigenvalue weighted by Crippen LogP contribution is 2.48. The molecule has 2 unspecified atom stereocenters. The number of halogens is 1. The van der Waals surface area contributed by atoms with Crippen LogP contribution in [0.3, 0.4) is 0 Å². The lowest BCUT2D eigenvalue weighted by molar-refractivity contribution is -0.119. The van der Waals surface area contributed by atoms with Crippen molar-refractivity contribution in [2.24, 2.45) is 0 Å². The van der Waals surface area contributed by atoms with E-state index in [1.54, 1.807) is 31.3 Å². The van der Waals surface area contributed by atoms with Gasteiger partial charge in [-0.25, -0.2) is 0 Å². The number of allylic oxidation sites excluding steroid dienone is 1. The van der Waals surface area contributed by atoms with Gasteiger partial charge in [-0.1, -0.05) is 48.9 Å². The summed E-state index contributed by atoms with van der Waals surface area (Å²) in [5.41, 5.74) is 4.84. The van der Waals surface area contributed by atoms with E-state index in [0.29, 0.717) is 41.4 Å². The first-order chi connectivity index (χ1) is 17.9. The summed E-state index contributed by atoms with van der Waals surface area (Å²) in [5.74, 6) is 1.18. The van der Waals surface area contributed by atoms with Crippen LogP contribution in [0.4, 0.5) is 11.4 Å². The Hall–Kier alpha value is -3.77. The van der Waals surface area contributed by atoms with E-state index in [1.807, 2.05) is 61.5 Å². The lowest BCUT2D eigenvalue weighted by Crippen LogP contribution is -2.38. The summed E-state index contributed by atoms with van der Waals surface area (Å²) in [4.78, 5) is 29.2. The topological polar surface area (TPSA) is 67.9 Å². The van der Waals surface area contributed by atoms with Crippen LogP contribution in [0.2, 0.25) is 5.02 Å². The van der Waals surface area contributed by atoms with E-state index in [2.05, 4.69) is 5.32 Å². The van der Waals surface area contributed by atoms with Crippen LogP contribution in [0, 0.1) is 0 Å². The third kappa shape index (κ3) is 4.58. The normalized spacial score (nSPS) is 18.9. The van der Waals surface area contributed by atoms with Crippen LogP contribution in [0.5, 0.6) is 11.5 Å². The number of ether oxygens (including phenoxy) is 2. The van der Waals surface area contributed by atoms with Crippen LogP contribution in [0.1, 0.15) is 49.3 Å². The molecule has 2 atom stereocenters. The molecular formula is C30H29ClN2O4. The quantitative estimate of drug-likeness (QED) is 0.410. The average molecular weight is 517 g/mol. The minimum atomic E-state index is -0.560. The van der Waals surface area contributed by atoms with Gasteiger partial charge in [0.2, 0.25) is 5.91 Å². The SMILES string of the molecule is CCC(=O)N1c2ccccc2NC2=C(C(=O)CC(c3ccc(OC)c(OC)c3)C2)C1c1ccc(Cl)cc1.